The molecular weight excluding hydrogens is 619 g/mol. The molecule has 1 heterocycles. The predicted octanol–water partition coefficient (Wildman–Crippen LogP) is 7.49. The van der Waals surface area contributed by atoms with Crippen LogP contribution in [0.1, 0.15) is 102 Å². The fourth-order valence-corrected chi connectivity index (χ4v) is 6.31. The van der Waals surface area contributed by atoms with Gasteiger partial charge in [0.25, 0.3) is 0 Å². The first-order chi connectivity index (χ1) is 22.7. The minimum atomic E-state index is -0.711. The molecule has 0 aliphatic carbocycles. The van der Waals surface area contributed by atoms with Crippen molar-refractivity contribution in [2.45, 2.75) is 118 Å². The van der Waals surface area contributed by atoms with Crippen LogP contribution >= 0.6 is 11.3 Å². The Bertz CT molecular complexity index is 1420. The number of hydrogen-bond donors (Lipinski definition) is 3. The topological polar surface area (TPSA) is 103 Å². The lowest BCUT2D eigenvalue weighted by Gasteiger charge is -2.29. The summed E-state index contributed by atoms with van der Waals surface area (Å²) in [4.78, 5) is 46.4. The Morgan fingerprint density at radius 3 is 1.83 bits per heavy atom. The molecule has 8 nitrogen and oxygen atoms in total. The van der Waals surface area contributed by atoms with Crippen molar-refractivity contribution in [3.05, 3.63) is 87.9 Å². The maximum absolute atomic E-state index is 13.8. The molecule has 0 saturated heterocycles. The van der Waals surface area contributed by atoms with Crippen molar-refractivity contribution in [1.82, 2.24) is 25.8 Å². The highest BCUT2D eigenvalue weighted by molar-refractivity contribution is 7.09. The van der Waals surface area contributed by atoms with Gasteiger partial charge in [-0.25, -0.2) is 9.78 Å². The Hall–Kier alpha value is -3.72. The fourth-order valence-electron chi connectivity index (χ4n) is 5.48. The minimum Gasteiger partial charge on any atom is -0.353 e. The van der Waals surface area contributed by atoms with Crippen LogP contribution in [0.5, 0.6) is 0 Å². The molecule has 0 bridgehead atoms. The zero-order valence-electron chi connectivity index (χ0n) is 30.2. The molecule has 2 aromatic carbocycles. The third-order valence-electron chi connectivity index (χ3n) is 8.36. The van der Waals surface area contributed by atoms with Crippen molar-refractivity contribution in [3.8, 4) is 0 Å². The second-order valence-corrected chi connectivity index (χ2v) is 15.7. The van der Waals surface area contributed by atoms with Gasteiger partial charge in [0.15, 0.2) is 0 Å². The average molecular weight is 676 g/mol. The van der Waals surface area contributed by atoms with Crippen molar-refractivity contribution in [1.29, 1.82) is 0 Å². The highest BCUT2D eigenvalue weighted by Crippen LogP contribution is 2.22. The van der Waals surface area contributed by atoms with Crippen LogP contribution in [0.3, 0.4) is 0 Å². The molecule has 3 rings (SSSR count). The van der Waals surface area contributed by atoms with Crippen LogP contribution in [0, 0.1) is 11.3 Å². The molecule has 0 unspecified atom stereocenters. The van der Waals surface area contributed by atoms with Crippen LogP contribution in [-0.2, 0) is 29.0 Å². The van der Waals surface area contributed by atoms with Gasteiger partial charge in [-0.2, -0.15) is 0 Å². The summed E-state index contributed by atoms with van der Waals surface area (Å²) in [6, 6.07) is 19.0. The number of thiazole rings is 1. The molecule has 0 aliphatic rings. The van der Waals surface area contributed by atoms with E-state index in [1.807, 2.05) is 55.6 Å². The lowest BCUT2D eigenvalue weighted by Crippen LogP contribution is -2.54. The molecule has 0 radical (unpaired) electrons. The summed E-state index contributed by atoms with van der Waals surface area (Å²) in [5, 5.41) is 12.6. The van der Waals surface area contributed by atoms with E-state index >= 15 is 0 Å². The number of nitrogens with zero attached hydrogens (tertiary/aromatic N) is 2. The van der Waals surface area contributed by atoms with Crippen molar-refractivity contribution in [3.63, 3.8) is 0 Å². The van der Waals surface area contributed by atoms with Crippen molar-refractivity contribution in [2.75, 3.05) is 7.05 Å². The number of amides is 4. The molecule has 9 heteroatoms. The summed E-state index contributed by atoms with van der Waals surface area (Å²) in [6.07, 6.45) is 4.00. The second-order valence-electron chi connectivity index (χ2n) is 14.8. The maximum atomic E-state index is 13.8. The number of hydrogen-bond acceptors (Lipinski definition) is 5. The Morgan fingerprint density at radius 2 is 1.35 bits per heavy atom. The lowest BCUT2D eigenvalue weighted by molar-refractivity contribution is -0.125. The quantitative estimate of drug-likeness (QED) is 0.138. The smallest absolute Gasteiger partial charge is 0.318 e. The van der Waals surface area contributed by atoms with Crippen LogP contribution in [0.4, 0.5) is 4.79 Å². The van der Waals surface area contributed by atoms with Gasteiger partial charge in [0.05, 0.1) is 17.2 Å². The first-order valence-electron chi connectivity index (χ1n) is 17.3. The third-order valence-corrected chi connectivity index (χ3v) is 9.56. The Morgan fingerprint density at radius 1 is 0.812 bits per heavy atom. The molecule has 3 N–H and O–H groups in total. The molecule has 3 atom stereocenters. The summed E-state index contributed by atoms with van der Waals surface area (Å²) < 4.78 is 0. The second kappa shape index (κ2) is 18.7. The van der Waals surface area contributed by atoms with Gasteiger partial charge in [-0.05, 0) is 54.6 Å². The number of carbonyl (C=O) groups is 3. The van der Waals surface area contributed by atoms with Gasteiger partial charge in [-0.1, -0.05) is 109 Å². The maximum Gasteiger partial charge on any atom is 0.318 e. The molecule has 0 fully saturated rings. The zero-order chi connectivity index (χ0) is 35.3. The molecule has 4 amide bonds. The summed E-state index contributed by atoms with van der Waals surface area (Å²) in [7, 11) is 1.72. The van der Waals surface area contributed by atoms with E-state index in [9.17, 15) is 14.4 Å². The van der Waals surface area contributed by atoms with Gasteiger partial charge in [0.2, 0.25) is 11.8 Å². The van der Waals surface area contributed by atoms with Gasteiger partial charge >= 0.3 is 6.03 Å². The number of rotatable bonds is 17. The van der Waals surface area contributed by atoms with E-state index in [4.69, 9.17) is 0 Å². The minimum absolute atomic E-state index is 0.0549. The monoisotopic (exact) mass is 675 g/mol. The van der Waals surface area contributed by atoms with Crippen LogP contribution < -0.4 is 16.0 Å². The zero-order valence-corrected chi connectivity index (χ0v) is 31.0. The number of aromatic nitrogens is 1. The first kappa shape index (κ1) is 38.7. The number of urea groups is 1. The molecule has 1 aromatic heterocycles. The summed E-state index contributed by atoms with van der Waals surface area (Å²) in [6.45, 7) is 14.9. The van der Waals surface area contributed by atoms with Crippen LogP contribution in [-0.4, -0.2) is 52.9 Å². The molecule has 0 saturated carbocycles. The summed E-state index contributed by atoms with van der Waals surface area (Å²) in [5.41, 5.74) is 3.19. The van der Waals surface area contributed by atoms with Gasteiger partial charge in [0, 0.05) is 36.9 Å². The Labute approximate surface area is 292 Å². The van der Waals surface area contributed by atoms with Crippen molar-refractivity contribution >= 4 is 29.2 Å². The molecule has 0 aliphatic heterocycles. The summed E-state index contributed by atoms with van der Waals surface area (Å²) in [5.74, 6) is 0.0510. The van der Waals surface area contributed by atoms with E-state index in [-0.39, 0.29) is 41.3 Å². The Kier molecular flexibility index (Phi) is 15.1. The third kappa shape index (κ3) is 13.8. The standard InChI is InChI=1S/C39H57N5O3S/c1-27(2)35(43-38(47)44(8)25-33-26-48-37(42-33)28(3)4)36(46)41-32(24-30-17-13-10-14-18-30)20-19-31(23-29-15-11-9-12-16-29)40-34(45)21-22-39(5,6)7/h9-18,26-28,31-32,35H,19-25H2,1-8H3,(H,40,45)(H,41,46)(H,43,47)/t31-,32-,35+/m1/s1. The van der Waals surface area contributed by atoms with E-state index in [0.717, 1.165) is 28.2 Å². The predicted molar refractivity (Wildman–Crippen MR) is 197 cm³/mol. The molecular formula is C39H57N5O3S. The SMILES string of the molecule is CC(C)c1nc(CN(C)C(=O)N[C@H](C(=O)N[C@H](CC[C@H](Cc2ccccc2)NC(=O)CCC(C)(C)C)Cc2ccccc2)C(C)C)cs1. The molecule has 3 aromatic rings. The van der Waals surface area contributed by atoms with E-state index in [0.29, 0.717) is 44.6 Å². The highest BCUT2D eigenvalue weighted by atomic mass is 32.1. The van der Waals surface area contributed by atoms with E-state index in [1.165, 1.54) is 0 Å². The normalized spacial score (nSPS) is 13.5. The number of carbonyl (C=O) groups excluding carboxylic acids is 3. The van der Waals surface area contributed by atoms with Gasteiger partial charge in [-0.15, -0.1) is 11.3 Å². The van der Waals surface area contributed by atoms with E-state index in [1.54, 1.807) is 23.3 Å². The molecule has 262 valence electrons. The van der Waals surface area contributed by atoms with Gasteiger partial charge in [0.1, 0.15) is 6.04 Å². The van der Waals surface area contributed by atoms with Gasteiger partial charge in [-0.3, -0.25) is 9.59 Å². The van der Waals surface area contributed by atoms with E-state index < -0.39 is 6.04 Å². The number of nitrogens with one attached hydrogen (secondary N) is 3. The first-order valence-corrected chi connectivity index (χ1v) is 18.2. The fraction of sp³-hybridized carbons (Fsp3) is 0.538. The van der Waals surface area contributed by atoms with E-state index in [2.05, 4.69) is 79.8 Å². The largest absolute Gasteiger partial charge is 0.353 e. The van der Waals surface area contributed by atoms with Crippen LogP contribution in [0.25, 0.3) is 0 Å². The van der Waals surface area contributed by atoms with Crippen LogP contribution in [0.15, 0.2) is 66.0 Å². The van der Waals surface area contributed by atoms with Crippen LogP contribution in [0.2, 0.25) is 0 Å². The summed E-state index contributed by atoms with van der Waals surface area (Å²) >= 11 is 1.60. The Balaban J connectivity index is 1.72. The van der Waals surface area contributed by atoms with Gasteiger partial charge < -0.3 is 20.9 Å². The molecule has 0 spiro atoms. The van der Waals surface area contributed by atoms with Crippen molar-refractivity contribution in [2.24, 2.45) is 11.3 Å². The average Bonchev–Trinajstić information content (AvgIpc) is 3.50. The number of benzene rings is 2. The highest BCUT2D eigenvalue weighted by Gasteiger charge is 2.28. The molecule has 48 heavy (non-hydrogen) atoms. The van der Waals surface area contributed by atoms with Crippen molar-refractivity contribution < 1.29 is 14.4 Å². The lowest BCUT2D eigenvalue weighted by atomic mass is 9.90.